The molecule has 156 valence electrons. The molecule has 29 heavy (non-hydrogen) atoms. The summed E-state index contributed by atoms with van der Waals surface area (Å²) in [5.74, 6) is 2.28. The number of hydrogen-bond donors (Lipinski definition) is 1. The number of nitrogens with one attached hydrogen (secondary N) is 1. The summed E-state index contributed by atoms with van der Waals surface area (Å²) in [4.78, 5) is 25.1. The van der Waals surface area contributed by atoms with Gasteiger partial charge in [0.2, 0.25) is 5.95 Å². The van der Waals surface area contributed by atoms with Crippen molar-refractivity contribution in [1.29, 1.82) is 0 Å². The molecule has 0 unspecified atom stereocenters. The van der Waals surface area contributed by atoms with Crippen molar-refractivity contribution in [2.75, 3.05) is 44.8 Å². The van der Waals surface area contributed by atoms with Gasteiger partial charge in [-0.05, 0) is 43.9 Å². The van der Waals surface area contributed by atoms with Gasteiger partial charge < -0.3 is 14.4 Å². The van der Waals surface area contributed by atoms with Crippen LogP contribution >= 0.6 is 0 Å². The van der Waals surface area contributed by atoms with Crippen molar-refractivity contribution in [3.05, 3.63) is 45.4 Å². The van der Waals surface area contributed by atoms with E-state index in [-0.39, 0.29) is 5.56 Å². The molecular formula is C22H30N4O3. The Morgan fingerprint density at radius 1 is 1.10 bits per heavy atom. The Morgan fingerprint density at radius 2 is 1.90 bits per heavy atom. The Kier molecular flexibility index (Phi) is 6.04. The summed E-state index contributed by atoms with van der Waals surface area (Å²) in [5, 5.41) is 0. The number of hydrogen-bond acceptors (Lipinski definition) is 6. The third kappa shape index (κ3) is 4.40. The number of anilines is 1. The molecule has 1 saturated heterocycles. The summed E-state index contributed by atoms with van der Waals surface area (Å²) in [7, 11) is 1.66. The van der Waals surface area contributed by atoms with Crippen LogP contribution in [-0.4, -0.2) is 54.8 Å². The number of methoxy groups -OCH3 is 1. The molecule has 0 bridgehead atoms. The zero-order valence-electron chi connectivity index (χ0n) is 17.4. The molecule has 0 spiro atoms. The molecule has 0 saturated carbocycles. The molecule has 1 aromatic carbocycles. The van der Waals surface area contributed by atoms with E-state index in [4.69, 9.17) is 14.5 Å². The van der Waals surface area contributed by atoms with Crippen molar-refractivity contribution in [1.82, 2.24) is 14.9 Å². The molecule has 7 heteroatoms. The van der Waals surface area contributed by atoms with Crippen LogP contribution in [0.1, 0.15) is 36.6 Å². The van der Waals surface area contributed by atoms with Crippen LogP contribution in [0.4, 0.5) is 5.95 Å². The highest BCUT2D eigenvalue weighted by atomic mass is 16.5. The Labute approximate surface area is 171 Å². The highest BCUT2D eigenvalue weighted by Crippen LogP contribution is 2.29. The number of aromatic nitrogens is 2. The highest BCUT2D eigenvalue weighted by molar-refractivity contribution is 5.43. The lowest BCUT2D eigenvalue weighted by atomic mass is 10.1. The van der Waals surface area contributed by atoms with Crippen molar-refractivity contribution < 1.29 is 9.47 Å². The number of benzene rings is 1. The van der Waals surface area contributed by atoms with Gasteiger partial charge in [-0.25, -0.2) is 4.98 Å². The van der Waals surface area contributed by atoms with Gasteiger partial charge in [-0.15, -0.1) is 0 Å². The quantitative estimate of drug-likeness (QED) is 0.806. The van der Waals surface area contributed by atoms with Gasteiger partial charge in [0.25, 0.3) is 5.56 Å². The third-order valence-electron chi connectivity index (χ3n) is 5.77. The Hall–Kier alpha value is -2.54. The first-order valence-electron chi connectivity index (χ1n) is 10.6. The second-order valence-electron chi connectivity index (χ2n) is 7.70. The molecule has 3 heterocycles. The molecule has 1 fully saturated rings. The van der Waals surface area contributed by atoms with E-state index in [1.54, 1.807) is 7.11 Å². The summed E-state index contributed by atoms with van der Waals surface area (Å²) in [5.41, 5.74) is 3.02. The van der Waals surface area contributed by atoms with Crippen LogP contribution in [0.5, 0.6) is 11.5 Å². The lowest BCUT2D eigenvalue weighted by Crippen LogP contribution is -2.27. The molecule has 7 nitrogen and oxygen atoms in total. The van der Waals surface area contributed by atoms with Crippen LogP contribution < -0.4 is 19.9 Å². The van der Waals surface area contributed by atoms with E-state index in [2.05, 4.69) is 26.9 Å². The summed E-state index contributed by atoms with van der Waals surface area (Å²) >= 11 is 0. The summed E-state index contributed by atoms with van der Waals surface area (Å²) < 4.78 is 11.1. The standard InChI is InChI=1S/C22H30N4O3/c1-3-29-20-14-16(6-7-19(20)28-2)15-25-12-8-17-18(9-13-25)23-22(24-21(17)27)26-10-4-5-11-26/h6-7,14H,3-5,8-13,15H2,1-2H3,(H,23,24,27). The SMILES string of the molecule is CCOc1cc(CN2CCc3nc(N4CCCC4)[nH]c(=O)c3CC2)ccc1OC. The average Bonchev–Trinajstić information content (AvgIpc) is 3.18. The van der Waals surface area contributed by atoms with Crippen LogP contribution in [0.3, 0.4) is 0 Å². The minimum absolute atomic E-state index is 0.0295. The van der Waals surface area contributed by atoms with Crippen molar-refractivity contribution in [2.24, 2.45) is 0 Å². The summed E-state index contributed by atoms with van der Waals surface area (Å²) in [6.45, 7) is 7.08. The first-order valence-corrected chi connectivity index (χ1v) is 10.6. The number of aromatic amines is 1. The molecule has 1 N–H and O–H groups in total. The van der Waals surface area contributed by atoms with Crippen molar-refractivity contribution in [3.8, 4) is 11.5 Å². The zero-order valence-corrected chi connectivity index (χ0v) is 17.4. The Bertz CT molecular complexity index is 905. The third-order valence-corrected chi connectivity index (χ3v) is 5.77. The number of H-pyrrole nitrogens is 1. The Morgan fingerprint density at radius 3 is 2.66 bits per heavy atom. The maximum absolute atomic E-state index is 12.7. The van der Waals surface area contributed by atoms with E-state index in [1.165, 1.54) is 18.4 Å². The second kappa shape index (κ2) is 8.86. The summed E-state index contributed by atoms with van der Waals surface area (Å²) in [6.07, 6.45) is 3.86. The number of ether oxygens (including phenoxy) is 2. The number of fused-ring (bicyclic) bond motifs is 1. The molecule has 1 aromatic heterocycles. The Balaban J connectivity index is 1.48. The van der Waals surface area contributed by atoms with Gasteiger partial charge in [0.15, 0.2) is 11.5 Å². The van der Waals surface area contributed by atoms with E-state index in [9.17, 15) is 4.79 Å². The van der Waals surface area contributed by atoms with Crippen molar-refractivity contribution in [3.63, 3.8) is 0 Å². The predicted octanol–water partition coefficient (Wildman–Crippen LogP) is 2.38. The van der Waals surface area contributed by atoms with Crippen LogP contribution in [-0.2, 0) is 19.4 Å². The van der Waals surface area contributed by atoms with Crippen molar-refractivity contribution >= 4 is 5.95 Å². The van der Waals surface area contributed by atoms with E-state index in [1.807, 2.05) is 13.0 Å². The van der Waals surface area contributed by atoms with Crippen LogP contribution in [0.25, 0.3) is 0 Å². The predicted molar refractivity (Wildman–Crippen MR) is 113 cm³/mol. The van der Waals surface area contributed by atoms with Gasteiger partial charge >= 0.3 is 0 Å². The molecule has 2 aliphatic rings. The fourth-order valence-electron chi connectivity index (χ4n) is 4.22. The molecular weight excluding hydrogens is 368 g/mol. The van der Waals surface area contributed by atoms with E-state index < -0.39 is 0 Å². The largest absolute Gasteiger partial charge is 0.493 e. The minimum Gasteiger partial charge on any atom is -0.493 e. The van der Waals surface area contributed by atoms with Gasteiger partial charge in [0.1, 0.15) is 0 Å². The lowest BCUT2D eigenvalue weighted by molar-refractivity contribution is 0.276. The smallest absolute Gasteiger partial charge is 0.255 e. The maximum atomic E-state index is 12.7. The van der Waals surface area contributed by atoms with Crippen LogP contribution in [0.2, 0.25) is 0 Å². The molecule has 2 aliphatic heterocycles. The molecule has 4 rings (SSSR count). The van der Waals surface area contributed by atoms with E-state index >= 15 is 0 Å². The van der Waals surface area contributed by atoms with Gasteiger partial charge in [0, 0.05) is 44.7 Å². The van der Waals surface area contributed by atoms with Crippen molar-refractivity contribution in [2.45, 2.75) is 39.2 Å². The van der Waals surface area contributed by atoms with Gasteiger partial charge in [-0.2, -0.15) is 0 Å². The first-order chi connectivity index (χ1) is 14.2. The maximum Gasteiger partial charge on any atom is 0.255 e. The topological polar surface area (TPSA) is 70.7 Å². The lowest BCUT2D eigenvalue weighted by Gasteiger charge is -2.20. The van der Waals surface area contributed by atoms with Gasteiger partial charge in [0.05, 0.1) is 19.4 Å². The number of nitrogens with zero attached hydrogens (tertiary/aromatic N) is 3. The van der Waals surface area contributed by atoms with Crippen LogP contribution in [0, 0.1) is 0 Å². The second-order valence-corrected chi connectivity index (χ2v) is 7.70. The highest BCUT2D eigenvalue weighted by Gasteiger charge is 2.22. The monoisotopic (exact) mass is 398 g/mol. The zero-order chi connectivity index (χ0) is 20.2. The molecule has 0 atom stereocenters. The normalized spacial score (nSPS) is 17.1. The first kappa shape index (κ1) is 19.8. The fourth-order valence-corrected chi connectivity index (χ4v) is 4.22. The molecule has 2 aromatic rings. The van der Waals surface area contributed by atoms with E-state index in [0.29, 0.717) is 6.61 Å². The molecule has 0 aliphatic carbocycles. The minimum atomic E-state index is 0.0295. The molecule has 0 radical (unpaired) electrons. The fraction of sp³-hybridized carbons (Fsp3) is 0.545. The van der Waals surface area contributed by atoms with Gasteiger partial charge in [-0.1, -0.05) is 6.07 Å². The molecule has 0 amide bonds. The van der Waals surface area contributed by atoms with Crippen LogP contribution in [0.15, 0.2) is 23.0 Å². The summed E-state index contributed by atoms with van der Waals surface area (Å²) in [6, 6.07) is 6.09. The average molecular weight is 399 g/mol. The van der Waals surface area contributed by atoms with E-state index in [0.717, 1.165) is 74.3 Å². The number of rotatable bonds is 6. The van der Waals surface area contributed by atoms with Gasteiger partial charge in [-0.3, -0.25) is 14.7 Å².